The third-order valence-corrected chi connectivity index (χ3v) is 4.62. The van der Waals surface area contributed by atoms with Gasteiger partial charge in [0.25, 0.3) is 0 Å². The van der Waals surface area contributed by atoms with Gasteiger partial charge in [-0.25, -0.2) is 4.39 Å². The summed E-state index contributed by atoms with van der Waals surface area (Å²) in [6.45, 7) is 2.97. The summed E-state index contributed by atoms with van der Waals surface area (Å²) in [5.74, 6) is -0.529. The van der Waals surface area contributed by atoms with Crippen molar-refractivity contribution in [1.29, 1.82) is 0 Å². The molecule has 1 fully saturated rings. The van der Waals surface area contributed by atoms with E-state index >= 15 is 0 Å². The summed E-state index contributed by atoms with van der Waals surface area (Å²) in [4.78, 5) is 14.5. The molecule has 0 radical (unpaired) electrons. The number of nitrogens with zero attached hydrogens (tertiary/aromatic N) is 1. The Morgan fingerprint density at radius 1 is 1.17 bits per heavy atom. The number of likely N-dealkylation sites (tertiary alicyclic amines) is 1. The van der Waals surface area contributed by atoms with Crippen molar-refractivity contribution in [1.82, 2.24) is 4.90 Å². The van der Waals surface area contributed by atoms with Gasteiger partial charge < -0.3 is 10.6 Å². The summed E-state index contributed by atoms with van der Waals surface area (Å²) < 4.78 is 13.4. The lowest BCUT2D eigenvalue weighted by molar-refractivity contribution is -0.131. The summed E-state index contributed by atoms with van der Waals surface area (Å²) >= 11 is 0. The Kier molecular flexibility index (Phi) is 5.97. The molecular formula is C19H22ClFN2O. The molecule has 2 N–H and O–H groups in total. The fourth-order valence-electron chi connectivity index (χ4n) is 3.25. The minimum Gasteiger partial charge on any atom is -0.340 e. The first kappa shape index (κ1) is 18.4. The number of benzene rings is 2. The molecule has 1 amide bonds. The van der Waals surface area contributed by atoms with E-state index in [1.807, 2.05) is 25.1 Å². The molecule has 24 heavy (non-hydrogen) atoms. The summed E-state index contributed by atoms with van der Waals surface area (Å²) in [6.07, 6.45) is 0. The number of carbonyl (C=O) groups is 1. The van der Waals surface area contributed by atoms with Crippen molar-refractivity contribution in [3.05, 3.63) is 71.5 Å². The zero-order valence-corrected chi connectivity index (χ0v) is 14.4. The lowest BCUT2D eigenvalue weighted by Crippen LogP contribution is -2.34. The molecule has 128 valence electrons. The Hall–Kier alpha value is -1.91. The molecule has 1 saturated heterocycles. The Balaban J connectivity index is 0.00000208. The van der Waals surface area contributed by atoms with E-state index in [9.17, 15) is 9.18 Å². The normalized spacial score (nSPS) is 21.2. The monoisotopic (exact) mass is 348 g/mol. The Morgan fingerprint density at radius 2 is 1.88 bits per heavy atom. The van der Waals surface area contributed by atoms with Gasteiger partial charge in [-0.2, -0.15) is 0 Å². The molecule has 0 saturated carbocycles. The van der Waals surface area contributed by atoms with Crippen LogP contribution in [0, 0.1) is 5.82 Å². The fraction of sp³-hybridized carbons (Fsp3) is 0.316. The summed E-state index contributed by atoms with van der Waals surface area (Å²) in [5.41, 5.74) is 8.11. The quantitative estimate of drug-likeness (QED) is 0.925. The predicted octanol–water partition coefficient (Wildman–Crippen LogP) is 3.30. The summed E-state index contributed by atoms with van der Waals surface area (Å²) in [6, 6.07) is 16.2. The highest BCUT2D eigenvalue weighted by Crippen LogP contribution is 2.29. The maximum absolute atomic E-state index is 13.4. The summed E-state index contributed by atoms with van der Waals surface area (Å²) in [7, 11) is 0. The molecule has 1 aliphatic rings. The molecule has 1 heterocycles. The fourth-order valence-corrected chi connectivity index (χ4v) is 3.25. The van der Waals surface area contributed by atoms with Gasteiger partial charge in [0.1, 0.15) is 5.82 Å². The van der Waals surface area contributed by atoms with Crippen LogP contribution in [-0.2, 0) is 4.79 Å². The van der Waals surface area contributed by atoms with Crippen molar-refractivity contribution in [3.8, 4) is 0 Å². The van der Waals surface area contributed by atoms with Crippen molar-refractivity contribution < 1.29 is 9.18 Å². The van der Waals surface area contributed by atoms with Gasteiger partial charge >= 0.3 is 0 Å². The van der Waals surface area contributed by atoms with Gasteiger partial charge in [-0.05, 0) is 30.2 Å². The summed E-state index contributed by atoms with van der Waals surface area (Å²) in [5, 5.41) is 0. The van der Waals surface area contributed by atoms with E-state index in [-0.39, 0.29) is 42.0 Å². The maximum Gasteiger partial charge on any atom is 0.229 e. The standard InChI is InChI=1S/C19H21FN2O.ClH/c1-13(15-8-5-9-16(20)10-15)19(23)22-11-17(18(21)12-22)14-6-3-2-4-7-14;/h2-10,13,17-18H,11-12,21H2,1H3;1H/t13?,17-,18+;/m0./s1. The molecule has 3 nitrogen and oxygen atoms in total. The first-order valence-electron chi connectivity index (χ1n) is 7.91. The van der Waals surface area contributed by atoms with E-state index in [1.165, 1.54) is 12.1 Å². The average molecular weight is 349 g/mol. The van der Waals surface area contributed by atoms with Crippen LogP contribution in [0.25, 0.3) is 0 Å². The molecule has 0 aliphatic carbocycles. The van der Waals surface area contributed by atoms with Crippen LogP contribution in [0.15, 0.2) is 54.6 Å². The molecule has 2 aromatic carbocycles. The minimum atomic E-state index is -0.368. The second-order valence-corrected chi connectivity index (χ2v) is 6.20. The lowest BCUT2D eigenvalue weighted by Gasteiger charge is -2.21. The van der Waals surface area contributed by atoms with Crippen LogP contribution >= 0.6 is 12.4 Å². The smallest absolute Gasteiger partial charge is 0.229 e. The third kappa shape index (κ3) is 3.77. The van der Waals surface area contributed by atoms with E-state index in [1.54, 1.807) is 17.0 Å². The molecule has 1 unspecified atom stereocenters. The van der Waals surface area contributed by atoms with Crippen molar-refractivity contribution in [2.24, 2.45) is 5.73 Å². The number of hydrogen-bond donors (Lipinski definition) is 1. The van der Waals surface area contributed by atoms with Crippen LogP contribution in [0.4, 0.5) is 4.39 Å². The van der Waals surface area contributed by atoms with Crippen molar-refractivity contribution in [3.63, 3.8) is 0 Å². The molecular weight excluding hydrogens is 327 g/mol. The first-order valence-corrected chi connectivity index (χ1v) is 7.91. The number of amides is 1. The van der Waals surface area contributed by atoms with Crippen LogP contribution in [0.3, 0.4) is 0 Å². The second kappa shape index (κ2) is 7.77. The third-order valence-electron chi connectivity index (χ3n) is 4.62. The number of nitrogens with two attached hydrogens (primary N) is 1. The molecule has 1 aliphatic heterocycles. The van der Waals surface area contributed by atoms with Crippen LogP contribution in [-0.4, -0.2) is 29.9 Å². The van der Waals surface area contributed by atoms with E-state index in [0.29, 0.717) is 18.7 Å². The van der Waals surface area contributed by atoms with Gasteiger partial charge in [0.05, 0.1) is 5.92 Å². The highest BCUT2D eigenvalue weighted by atomic mass is 35.5. The molecule has 5 heteroatoms. The lowest BCUT2D eigenvalue weighted by atomic mass is 9.95. The number of carbonyl (C=O) groups excluding carboxylic acids is 1. The highest BCUT2D eigenvalue weighted by molar-refractivity contribution is 5.85. The predicted molar refractivity (Wildman–Crippen MR) is 95.8 cm³/mol. The van der Waals surface area contributed by atoms with Crippen molar-refractivity contribution in [2.45, 2.75) is 24.8 Å². The number of hydrogen-bond acceptors (Lipinski definition) is 2. The van der Waals surface area contributed by atoms with Gasteiger partial charge in [0, 0.05) is 25.0 Å². The average Bonchev–Trinajstić information content (AvgIpc) is 2.96. The van der Waals surface area contributed by atoms with E-state index in [0.717, 1.165) is 5.56 Å². The molecule has 2 aromatic rings. The zero-order valence-electron chi connectivity index (χ0n) is 13.6. The Morgan fingerprint density at radius 3 is 2.54 bits per heavy atom. The molecule has 3 atom stereocenters. The molecule has 0 spiro atoms. The first-order chi connectivity index (χ1) is 11.1. The van der Waals surface area contributed by atoms with Crippen LogP contribution in [0.2, 0.25) is 0 Å². The Bertz CT molecular complexity index is 695. The second-order valence-electron chi connectivity index (χ2n) is 6.20. The molecule has 3 rings (SSSR count). The number of halogens is 2. The zero-order chi connectivity index (χ0) is 16.4. The van der Waals surface area contributed by atoms with Crippen molar-refractivity contribution in [2.75, 3.05) is 13.1 Å². The minimum absolute atomic E-state index is 0. The van der Waals surface area contributed by atoms with Gasteiger partial charge in [-0.15, -0.1) is 12.4 Å². The topological polar surface area (TPSA) is 46.3 Å². The SMILES string of the molecule is CC(C(=O)N1C[C@@H](N)[C@H](c2ccccc2)C1)c1cccc(F)c1.Cl. The largest absolute Gasteiger partial charge is 0.340 e. The van der Waals surface area contributed by atoms with E-state index in [2.05, 4.69) is 12.1 Å². The van der Waals surface area contributed by atoms with Crippen LogP contribution in [0.5, 0.6) is 0 Å². The van der Waals surface area contributed by atoms with Crippen molar-refractivity contribution >= 4 is 18.3 Å². The van der Waals surface area contributed by atoms with Gasteiger partial charge in [0.2, 0.25) is 5.91 Å². The molecule has 0 aromatic heterocycles. The Labute approximate surface area is 148 Å². The van der Waals surface area contributed by atoms with Gasteiger partial charge in [-0.3, -0.25) is 4.79 Å². The van der Waals surface area contributed by atoms with Crippen LogP contribution < -0.4 is 5.73 Å². The van der Waals surface area contributed by atoms with Gasteiger partial charge in [-0.1, -0.05) is 42.5 Å². The van der Waals surface area contributed by atoms with E-state index in [4.69, 9.17) is 5.73 Å². The van der Waals surface area contributed by atoms with Crippen LogP contribution in [0.1, 0.15) is 29.9 Å². The maximum atomic E-state index is 13.4. The van der Waals surface area contributed by atoms with Gasteiger partial charge in [0.15, 0.2) is 0 Å². The number of rotatable bonds is 3. The molecule has 0 bridgehead atoms. The van der Waals surface area contributed by atoms with E-state index < -0.39 is 0 Å². The highest BCUT2D eigenvalue weighted by Gasteiger charge is 2.35.